The normalized spacial score (nSPS) is 16.1. The summed E-state index contributed by atoms with van der Waals surface area (Å²) >= 11 is 0. The summed E-state index contributed by atoms with van der Waals surface area (Å²) in [7, 11) is 1.41. The fourth-order valence-corrected chi connectivity index (χ4v) is 1.53. The molecule has 0 spiro atoms. The lowest BCUT2D eigenvalue weighted by molar-refractivity contribution is -0.142. The Hall–Kier alpha value is -0.570. The van der Waals surface area contributed by atoms with Crippen LogP contribution in [0.5, 0.6) is 0 Å². The lowest BCUT2D eigenvalue weighted by atomic mass is 9.80. The van der Waals surface area contributed by atoms with Crippen LogP contribution < -0.4 is 5.73 Å². The Morgan fingerprint density at radius 2 is 1.93 bits per heavy atom. The minimum Gasteiger partial charge on any atom is -0.469 e. The highest BCUT2D eigenvalue weighted by Crippen LogP contribution is 2.28. The second-order valence-corrected chi connectivity index (χ2v) is 5.16. The molecular weight excluding hydrogens is 178 g/mol. The number of esters is 1. The molecule has 0 aromatic rings. The molecule has 0 amide bonds. The highest BCUT2D eigenvalue weighted by Gasteiger charge is 2.24. The second-order valence-electron chi connectivity index (χ2n) is 5.16. The molecule has 0 saturated heterocycles. The largest absolute Gasteiger partial charge is 0.469 e. The molecule has 0 radical (unpaired) electrons. The number of carbonyl (C=O) groups is 1. The lowest BCUT2D eigenvalue weighted by Gasteiger charge is -2.27. The summed E-state index contributed by atoms with van der Waals surface area (Å²) in [4.78, 5) is 11.1. The molecular formula is C11H23NO2. The number of methoxy groups -OCH3 is 1. The SMILES string of the molecule is COC(=O)CC(CC(C)(C)C)C(C)N. The van der Waals surface area contributed by atoms with Crippen LogP contribution in [0.25, 0.3) is 0 Å². The summed E-state index contributed by atoms with van der Waals surface area (Å²) in [5, 5.41) is 0. The average Bonchev–Trinajstić information content (AvgIpc) is 2.00. The van der Waals surface area contributed by atoms with E-state index in [0.717, 1.165) is 6.42 Å². The van der Waals surface area contributed by atoms with Crippen LogP contribution in [0.2, 0.25) is 0 Å². The minimum absolute atomic E-state index is 0.0355. The van der Waals surface area contributed by atoms with Gasteiger partial charge in [-0.3, -0.25) is 4.79 Å². The number of ether oxygens (including phenoxy) is 1. The molecule has 0 aliphatic rings. The van der Waals surface area contributed by atoms with Crippen LogP contribution in [0.3, 0.4) is 0 Å². The summed E-state index contributed by atoms with van der Waals surface area (Å²) in [6.45, 7) is 8.40. The Morgan fingerprint density at radius 3 is 2.21 bits per heavy atom. The van der Waals surface area contributed by atoms with Gasteiger partial charge in [0.05, 0.1) is 7.11 Å². The van der Waals surface area contributed by atoms with E-state index in [0.29, 0.717) is 6.42 Å². The van der Waals surface area contributed by atoms with Gasteiger partial charge in [-0.25, -0.2) is 0 Å². The zero-order valence-electron chi connectivity index (χ0n) is 9.96. The third-order valence-corrected chi connectivity index (χ3v) is 2.27. The molecule has 0 fully saturated rings. The van der Waals surface area contributed by atoms with Gasteiger partial charge < -0.3 is 10.5 Å². The van der Waals surface area contributed by atoms with E-state index >= 15 is 0 Å². The monoisotopic (exact) mass is 201 g/mol. The van der Waals surface area contributed by atoms with Crippen molar-refractivity contribution in [2.45, 2.75) is 46.6 Å². The number of nitrogens with two attached hydrogens (primary N) is 1. The Balaban J connectivity index is 4.24. The third-order valence-electron chi connectivity index (χ3n) is 2.27. The van der Waals surface area contributed by atoms with Gasteiger partial charge in [-0.2, -0.15) is 0 Å². The highest BCUT2D eigenvalue weighted by atomic mass is 16.5. The van der Waals surface area contributed by atoms with E-state index in [1.165, 1.54) is 7.11 Å². The molecule has 2 unspecified atom stereocenters. The number of hydrogen-bond acceptors (Lipinski definition) is 3. The topological polar surface area (TPSA) is 52.3 Å². The van der Waals surface area contributed by atoms with Crippen LogP contribution in [0.1, 0.15) is 40.5 Å². The summed E-state index contributed by atoms with van der Waals surface area (Å²) < 4.78 is 4.65. The van der Waals surface area contributed by atoms with Crippen LogP contribution in [-0.2, 0) is 9.53 Å². The standard InChI is InChI=1S/C11H23NO2/c1-8(12)9(6-10(13)14-5)7-11(2,3)4/h8-9H,6-7,12H2,1-5H3. The molecule has 84 valence electrons. The second kappa shape index (κ2) is 5.35. The molecule has 14 heavy (non-hydrogen) atoms. The highest BCUT2D eigenvalue weighted by molar-refractivity contribution is 5.69. The maximum atomic E-state index is 11.1. The molecule has 0 aliphatic heterocycles. The molecule has 0 aromatic carbocycles. The van der Waals surface area contributed by atoms with Crippen LogP contribution in [0.4, 0.5) is 0 Å². The zero-order chi connectivity index (χ0) is 11.4. The first-order valence-corrected chi connectivity index (χ1v) is 5.08. The first-order valence-electron chi connectivity index (χ1n) is 5.08. The van der Waals surface area contributed by atoms with E-state index < -0.39 is 0 Å². The van der Waals surface area contributed by atoms with Gasteiger partial charge in [0.25, 0.3) is 0 Å². The van der Waals surface area contributed by atoms with Gasteiger partial charge in [-0.1, -0.05) is 20.8 Å². The summed E-state index contributed by atoms with van der Waals surface area (Å²) in [6, 6.07) is 0.0355. The fraction of sp³-hybridized carbons (Fsp3) is 0.909. The van der Waals surface area contributed by atoms with Gasteiger partial charge in [0.1, 0.15) is 0 Å². The molecule has 0 heterocycles. The molecule has 0 rings (SSSR count). The molecule has 2 atom stereocenters. The van der Waals surface area contributed by atoms with Crippen molar-refractivity contribution in [1.29, 1.82) is 0 Å². The van der Waals surface area contributed by atoms with E-state index in [9.17, 15) is 4.79 Å². The van der Waals surface area contributed by atoms with Crippen molar-refractivity contribution in [3.8, 4) is 0 Å². The molecule has 3 heteroatoms. The molecule has 0 bridgehead atoms. The maximum absolute atomic E-state index is 11.1. The number of hydrogen-bond donors (Lipinski definition) is 1. The van der Waals surface area contributed by atoms with Crippen molar-refractivity contribution < 1.29 is 9.53 Å². The van der Waals surface area contributed by atoms with Crippen molar-refractivity contribution >= 4 is 5.97 Å². The van der Waals surface area contributed by atoms with Gasteiger partial charge in [-0.15, -0.1) is 0 Å². The first-order chi connectivity index (χ1) is 6.26. The number of carbonyl (C=O) groups excluding carboxylic acids is 1. The van der Waals surface area contributed by atoms with Crippen molar-refractivity contribution in [3.05, 3.63) is 0 Å². The van der Waals surface area contributed by atoms with E-state index in [1.54, 1.807) is 0 Å². The third kappa shape index (κ3) is 5.97. The average molecular weight is 201 g/mol. The van der Waals surface area contributed by atoms with Crippen molar-refractivity contribution in [2.24, 2.45) is 17.1 Å². The smallest absolute Gasteiger partial charge is 0.305 e. The van der Waals surface area contributed by atoms with E-state index in [1.807, 2.05) is 6.92 Å². The van der Waals surface area contributed by atoms with Gasteiger partial charge in [0.15, 0.2) is 0 Å². The molecule has 0 aliphatic carbocycles. The van der Waals surface area contributed by atoms with Gasteiger partial charge in [0.2, 0.25) is 0 Å². The molecule has 0 aromatic heterocycles. The van der Waals surface area contributed by atoms with Crippen LogP contribution in [0.15, 0.2) is 0 Å². The predicted octanol–water partition coefficient (Wildman–Crippen LogP) is 1.95. The summed E-state index contributed by atoms with van der Waals surface area (Å²) in [6.07, 6.45) is 1.37. The van der Waals surface area contributed by atoms with E-state index in [2.05, 4.69) is 25.5 Å². The van der Waals surface area contributed by atoms with E-state index in [-0.39, 0.29) is 23.3 Å². The summed E-state index contributed by atoms with van der Waals surface area (Å²) in [5.41, 5.74) is 6.04. The summed E-state index contributed by atoms with van der Waals surface area (Å²) in [5.74, 6) is 0.0407. The Kier molecular flexibility index (Phi) is 5.13. The molecule has 2 N–H and O–H groups in total. The predicted molar refractivity (Wildman–Crippen MR) is 57.8 cm³/mol. The van der Waals surface area contributed by atoms with E-state index in [4.69, 9.17) is 5.73 Å². The van der Waals surface area contributed by atoms with Crippen molar-refractivity contribution in [3.63, 3.8) is 0 Å². The van der Waals surface area contributed by atoms with Crippen LogP contribution in [0, 0.1) is 11.3 Å². The Bertz CT molecular complexity index is 182. The van der Waals surface area contributed by atoms with Crippen molar-refractivity contribution in [2.75, 3.05) is 7.11 Å². The zero-order valence-corrected chi connectivity index (χ0v) is 9.96. The van der Waals surface area contributed by atoms with Crippen molar-refractivity contribution in [1.82, 2.24) is 0 Å². The van der Waals surface area contributed by atoms with Gasteiger partial charge in [-0.05, 0) is 24.7 Å². The molecule has 3 nitrogen and oxygen atoms in total. The molecule has 0 saturated carbocycles. The number of rotatable bonds is 4. The maximum Gasteiger partial charge on any atom is 0.305 e. The minimum atomic E-state index is -0.170. The lowest BCUT2D eigenvalue weighted by Crippen LogP contribution is -2.32. The quantitative estimate of drug-likeness (QED) is 0.707. The Labute approximate surface area is 87.0 Å². The van der Waals surface area contributed by atoms with Gasteiger partial charge in [0, 0.05) is 12.5 Å². The van der Waals surface area contributed by atoms with Crippen LogP contribution >= 0.6 is 0 Å². The van der Waals surface area contributed by atoms with Crippen LogP contribution in [-0.4, -0.2) is 19.1 Å². The first kappa shape index (κ1) is 13.4. The Morgan fingerprint density at radius 1 is 1.43 bits per heavy atom. The van der Waals surface area contributed by atoms with Gasteiger partial charge >= 0.3 is 5.97 Å². The fourth-order valence-electron chi connectivity index (χ4n) is 1.53.